The molecule has 1 saturated carbocycles. The van der Waals surface area contributed by atoms with Crippen LogP contribution in [0.25, 0.3) is 0 Å². The van der Waals surface area contributed by atoms with E-state index < -0.39 is 34.9 Å². The first-order valence-corrected chi connectivity index (χ1v) is 9.82. The van der Waals surface area contributed by atoms with Crippen molar-refractivity contribution in [3.05, 3.63) is 34.9 Å². The highest BCUT2D eigenvalue weighted by molar-refractivity contribution is 6.01. The van der Waals surface area contributed by atoms with Crippen molar-refractivity contribution < 1.29 is 24.9 Å². The van der Waals surface area contributed by atoms with E-state index in [0.29, 0.717) is 6.42 Å². The highest BCUT2D eigenvalue weighted by Crippen LogP contribution is 2.65. The second-order valence-electron chi connectivity index (χ2n) is 9.22. The van der Waals surface area contributed by atoms with Crippen molar-refractivity contribution in [1.29, 1.82) is 0 Å². The molecule has 0 saturated heterocycles. The number of ketones is 2. The smallest absolute Gasteiger partial charge is 0.190 e. The van der Waals surface area contributed by atoms with Crippen molar-refractivity contribution >= 4 is 11.6 Å². The molecule has 0 aliphatic heterocycles. The quantitative estimate of drug-likeness (QED) is 0.643. The van der Waals surface area contributed by atoms with Crippen LogP contribution >= 0.6 is 0 Å². The van der Waals surface area contributed by atoms with E-state index in [9.17, 15) is 24.9 Å². The van der Waals surface area contributed by atoms with Gasteiger partial charge in [0.1, 0.15) is 12.2 Å². The molecule has 5 heteroatoms. The van der Waals surface area contributed by atoms with E-state index in [1.807, 2.05) is 26.8 Å². The molecule has 6 atom stereocenters. The number of carbonyl (C=O) groups excluding carboxylic acids is 2. The first-order chi connectivity index (χ1) is 12.6. The lowest BCUT2D eigenvalue weighted by molar-refractivity contribution is -0.163. The number of aliphatic hydroxyl groups excluding tert-OH is 2. The standard InChI is InChI=1S/C22H28O5/c1-12-8-16-15-5-4-13-9-14(24)6-7-20(13,2)19(15)17(25)10-21(16,3)22(12,27)18(26)11-23/h6-7,9,12,16-17,23,25,27H,4-5,8,10-11H2,1-3H3/t12-,16+,17-,20-,21-,22?/m0/s1. The van der Waals surface area contributed by atoms with Crippen LogP contribution in [0, 0.1) is 22.7 Å². The highest BCUT2D eigenvalue weighted by Gasteiger charge is 2.67. The van der Waals surface area contributed by atoms with Gasteiger partial charge < -0.3 is 15.3 Å². The van der Waals surface area contributed by atoms with Crippen LogP contribution in [0.3, 0.4) is 0 Å². The molecule has 0 aromatic rings. The summed E-state index contributed by atoms with van der Waals surface area (Å²) in [5, 5.41) is 32.0. The summed E-state index contributed by atoms with van der Waals surface area (Å²) in [5.41, 5.74) is 0.178. The van der Waals surface area contributed by atoms with Gasteiger partial charge in [0.25, 0.3) is 0 Å². The van der Waals surface area contributed by atoms with E-state index in [1.54, 1.807) is 12.2 Å². The van der Waals surface area contributed by atoms with Crippen LogP contribution in [-0.2, 0) is 9.59 Å². The molecule has 0 aromatic heterocycles. The molecule has 0 heterocycles. The molecule has 4 aliphatic rings. The monoisotopic (exact) mass is 372 g/mol. The fraction of sp³-hybridized carbons (Fsp3) is 0.636. The molecule has 0 spiro atoms. The summed E-state index contributed by atoms with van der Waals surface area (Å²) in [4.78, 5) is 24.4. The zero-order chi connectivity index (χ0) is 19.8. The Bertz CT molecular complexity index is 821. The third kappa shape index (κ3) is 2.16. The van der Waals surface area contributed by atoms with Gasteiger partial charge in [-0.2, -0.15) is 0 Å². The lowest BCUT2D eigenvalue weighted by Crippen LogP contribution is -2.58. The van der Waals surface area contributed by atoms with Crippen molar-refractivity contribution in [2.24, 2.45) is 22.7 Å². The van der Waals surface area contributed by atoms with E-state index in [-0.39, 0.29) is 24.0 Å². The molecule has 0 amide bonds. The van der Waals surface area contributed by atoms with Gasteiger partial charge in [0, 0.05) is 10.8 Å². The van der Waals surface area contributed by atoms with Gasteiger partial charge in [-0.1, -0.05) is 31.1 Å². The fourth-order valence-electron chi connectivity index (χ4n) is 6.63. The number of allylic oxidation sites excluding steroid dienone is 5. The molecular formula is C22H28O5. The number of carbonyl (C=O) groups is 2. The molecule has 3 N–H and O–H groups in total. The van der Waals surface area contributed by atoms with Crippen LogP contribution in [-0.4, -0.2) is 45.2 Å². The Morgan fingerprint density at radius 3 is 2.67 bits per heavy atom. The van der Waals surface area contributed by atoms with E-state index in [0.717, 1.165) is 29.6 Å². The second kappa shape index (κ2) is 5.72. The zero-order valence-electron chi connectivity index (χ0n) is 16.2. The van der Waals surface area contributed by atoms with Gasteiger partial charge in [-0.25, -0.2) is 0 Å². The maximum Gasteiger partial charge on any atom is 0.190 e. The maximum absolute atomic E-state index is 12.5. The van der Waals surface area contributed by atoms with Gasteiger partial charge in [-0.05, 0) is 62.2 Å². The van der Waals surface area contributed by atoms with Gasteiger partial charge >= 0.3 is 0 Å². The van der Waals surface area contributed by atoms with Crippen LogP contribution in [0.1, 0.15) is 46.5 Å². The first-order valence-electron chi connectivity index (χ1n) is 9.82. The minimum Gasteiger partial charge on any atom is -0.389 e. The fourth-order valence-corrected chi connectivity index (χ4v) is 6.63. The topological polar surface area (TPSA) is 94.8 Å². The number of hydrogen-bond acceptors (Lipinski definition) is 5. The van der Waals surface area contributed by atoms with Crippen molar-refractivity contribution in [3.8, 4) is 0 Å². The number of fused-ring (bicyclic) bond motifs is 4. The number of rotatable bonds is 2. The van der Waals surface area contributed by atoms with E-state index >= 15 is 0 Å². The second-order valence-corrected chi connectivity index (χ2v) is 9.22. The summed E-state index contributed by atoms with van der Waals surface area (Å²) >= 11 is 0. The summed E-state index contributed by atoms with van der Waals surface area (Å²) in [5.74, 6) is -0.878. The van der Waals surface area contributed by atoms with E-state index in [2.05, 4.69) is 0 Å². The average molecular weight is 372 g/mol. The molecule has 146 valence electrons. The SMILES string of the molecule is C[C@H]1C[C@@H]2C3=C([C@@H](O)C[C@]2(C)C1(O)C(=O)CO)[C@@]1(C)C=CC(=O)C=C1CC3. The molecule has 0 radical (unpaired) electrons. The molecule has 0 bridgehead atoms. The number of aliphatic hydroxyl groups is 3. The summed E-state index contributed by atoms with van der Waals surface area (Å²) < 4.78 is 0. The third-order valence-corrected chi connectivity index (χ3v) is 8.02. The molecule has 27 heavy (non-hydrogen) atoms. The minimum atomic E-state index is -1.64. The zero-order valence-corrected chi connectivity index (χ0v) is 16.2. The minimum absolute atomic E-state index is 0.0148. The largest absolute Gasteiger partial charge is 0.389 e. The summed E-state index contributed by atoms with van der Waals surface area (Å²) in [6.45, 7) is 5.10. The Labute approximate surface area is 159 Å². The predicted octanol–water partition coefficient (Wildman–Crippen LogP) is 1.87. The lowest BCUT2D eigenvalue weighted by atomic mass is 9.52. The van der Waals surface area contributed by atoms with Gasteiger partial charge in [-0.15, -0.1) is 0 Å². The predicted molar refractivity (Wildman–Crippen MR) is 99.6 cm³/mol. The van der Waals surface area contributed by atoms with Gasteiger partial charge in [0.15, 0.2) is 11.6 Å². The molecule has 1 unspecified atom stereocenters. The van der Waals surface area contributed by atoms with Crippen molar-refractivity contribution in [2.45, 2.75) is 58.2 Å². The van der Waals surface area contributed by atoms with Crippen LogP contribution in [0.5, 0.6) is 0 Å². The maximum atomic E-state index is 12.5. The molecule has 5 nitrogen and oxygen atoms in total. The Hall–Kier alpha value is -1.56. The molecule has 4 rings (SSSR count). The summed E-state index contributed by atoms with van der Waals surface area (Å²) in [6.07, 6.45) is 6.76. The van der Waals surface area contributed by atoms with Crippen LogP contribution in [0.4, 0.5) is 0 Å². The van der Waals surface area contributed by atoms with Crippen molar-refractivity contribution in [1.82, 2.24) is 0 Å². The van der Waals surface area contributed by atoms with Gasteiger partial charge in [-0.3, -0.25) is 9.59 Å². The molecular weight excluding hydrogens is 344 g/mol. The summed E-state index contributed by atoms with van der Waals surface area (Å²) in [6, 6.07) is 0. The number of hydrogen-bond donors (Lipinski definition) is 3. The van der Waals surface area contributed by atoms with Crippen LogP contribution in [0.2, 0.25) is 0 Å². The number of Topliss-reactive ketones (excluding diaryl/α,β-unsaturated/α-hetero) is 1. The third-order valence-electron chi connectivity index (χ3n) is 8.02. The van der Waals surface area contributed by atoms with E-state index in [4.69, 9.17) is 0 Å². The molecule has 4 aliphatic carbocycles. The van der Waals surface area contributed by atoms with Crippen molar-refractivity contribution in [2.75, 3.05) is 6.61 Å². The van der Waals surface area contributed by atoms with Gasteiger partial charge in [0.2, 0.25) is 0 Å². The van der Waals surface area contributed by atoms with E-state index in [1.165, 1.54) is 0 Å². The highest BCUT2D eigenvalue weighted by atomic mass is 16.3. The normalized spacial score (nSPS) is 45.9. The Morgan fingerprint density at radius 2 is 2.00 bits per heavy atom. The first kappa shape index (κ1) is 18.8. The van der Waals surface area contributed by atoms with Crippen molar-refractivity contribution in [3.63, 3.8) is 0 Å². The van der Waals surface area contributed by atoms with Crippen LogP contribution in [0.15, 0.2) is 34.9 Å². The van der Waals surface area contributed by atoms with Gasteiger partial charge in [0.05, 0.1) is 6.10 Å². The Kier molecular flexibility index (Phi) is 3.98. The Morgan fingerprint density at radius 1 is 1.30 bits per heavy atom. The Balaban J connectivity index is 1.87. The average Bonchev–Trinajstić information content (AvgIpc) is 2.82. The summed E-state index contributed by atoms with van der Waals surface area (Å²) in [7, 11) is 0. The lowest BCUT2D eigenvalue weighted by Gasteiger charge is -2.53. The van der Waals surface area contributed by atoms with Crippen LogP contribution < -0.4 is 0 Å². The molecule has 0 aromatic carbocycles. The molecule has 1 fully saturated rings.